The first-order valence-corrected chi connectivity index (χ1v) is 7.66. The van der Waals surface area contributed by atoms with Crippen LogP contribution in [0.25, 0.3) is 0 Å². The highest BCUT2D eigenvalue weighted by Crippen LogP contribution is 2.21. The van der Waals surface area contributed by atoms with Gasteiger partial charge in [-0.15, -0.1) is 0 Å². The molecule has 0 saturated carbocycles. The van der Waals surface area contributed by atoms with E-state index in [0.717, 1.165) is 12.1 Å². The zero-order chi connectivity index (χ0) is 15.4. The molecule has 1 aliphatic heterocycles. The third kappa shape index (κ3) is 3.93. The molecule has 1 amide bonds. The summed E-state index contributed by atoms with van der Waals surface area (Å²) in [6, 6.07) is 3.02. The lowest BCUT2D eigenvalue weighted by Gasteiger charge is -2.34. The zero-order valence-electron chi connectivity index (χ0n) is 11.2. The van der Waals surface area contributed by atoms with E-state index in [0.29, 0.717) is 18.1 Å². The van der Waals surface area contributed by atoms with Crippen molar-refractivity contribution in [2.24, 2.45) is 0 Å². The maximum Gasteiger partial charge on any atom is 0.305 e. The number of carbonyl (C=O) groups excluding carboxylic acids is 1. The summed E-state index contributed by atoms with van der Waals surface area (Å²) in [5.74, 6) is -1.73. The number of carboxylic acids is 1. The fourth-order valence-electron chi connectivity index (χ4n) is 2.31. The minimum Gasteiger partial charge on any atom is -0.481 e. The second kappa shape index (κ2) is 6.89. The van der Waals surface area contributed by atoms with Crippen LogP contribution in [0.4, 0.5) is 8.78 Å². The van der Waals surface area contributed by atoms with Crippen LogP contribution in [0.1, 0.15) is 12.0 Å². The van der Waals surface area contributed by atoms with E-state index in [-0.39, 0.29) is 18.4 Å². The van der Waals surface area contributed by atoms with Gasteiger partial charge in [0.25, 0.3) is 0 Å². The summed E-state index contributed by atoms with van der Waals surface area (Å²) in [6.07, 6.45) is -0.544. The van der Waals surface area contributed by atoms with E-state index in [4.69, 9.17) is 5.11 Å². The SMILES string of the molecule is O=C(O)CC1CSCCN1C(=O)Cc1c(F)cccc1F. The number of hydrogen-bond donors (Lipinski definition) is 1. The molecule has 0 bridgehead atoms. The lowest BCUT2D eigenvalue weighted by atomic mass is 10.1. The average Bonchev–Trinajstić information content (AvgIpc) is 2.43. The van der Waals surface area contributed by atoms with Crippen LogP contribution in [0.2, 0.25) is 0 Å². The van der Waals surface area contributed by atoms with Gasteiger partial charge in [0.15, 0.2) is 0 Å². The molecule has 7 heteroatoms. The second-order valence-electron chi connectivity index (χ2n) is 4.79. The van der Waals surface area contributed by atoms with Crippen LogP contribution in [0.3, 0.4) is 0 Å². The lowest BCUT2D eigenvalue weighted by Crippen LogP contribution is -2.47. The van der Waals surface area contributed by atoms with Crippen molar-refractivity contribution in [2.75, 3.05) is 18.1 Å². The number of rotatable bonds is 4. The van der Waals surface area contributed by atoms with E-state index in [2.05, 4.69) is 0 Å². The van der Waals surface area contributed by atoms with Gasteiger partial charge in [-0.3, -0.25) is 9.59 Å². The quantitative estimate of drug-likeness (QED) is 0.922. The highest BCUT2D eigenvalue weighted by molar-refractivity contribution is 7.99. The van der Waals surface area contributed by atoms with Gasteiger partial charge in [-0.05, 0) is 12.1 Å². The molecular weight excluding hydrogens is 300 g/mol. The van der Waals surface area contributed by atoms with Crippen LogP contribution in [0.5, 0.6) is 0 Å². The predicted molar refractivity (Wildman–Crippen MR) is 75.1 cm³/mol. The Kier molecular flexibility index (Phi) is 5.17. The topological polar surface area (TPSA) is 57.6 Å². The van der Waals surface area contributed by atoms with Crippen molar-refractivity contribution in [3.8, 4) is 0 Å². The fourth-order valence-corrected chi connectivity index (χ4v) is 3.37. The Hall–Kier alpha value is -1.63. The van der Waals surface area contributed by atoms with Crippen molar-refractivity contribution in [3.05, 3.63) is 35.4 Å². The van der Waals surface area contributed by atoms with Crippen LogP contribution < -0.4 is 0 Å². The van der Waals surface area contributed by atoms with Gasteiger partial charge in [-0.1, -0.05) is 6.07 Å². The fraction of sp³-hybridized carbons (Fsp3) is 0.429. The van der Waals surface area contributed by atoms with Crippen LogP contribution in [0.15, 0.2) is 18.2 Å². The molecule has 1 N–H and O–H groups in total. The Bertz CT molecular complexity index is 533. The Morgan fingerprint density at radius 1 is 1.33 bits per heavy atom. The first-order valence-electron chi connectivity index (χ1n) is 6.51. The van der Waals surface area contributed by atoms with Crippen molar-refractivity contribution >= 4 is 23.6 Å². The summed E-state index contributed by atoms with van der Waals surface area (Å²) >= 11 is 1.57. The van der Waals surface area contributed by atoms with Gasteiger partial charge in [-0.25, -0.2) is 8.78 Å². The normalized spacial score (nSPS) is 18.6. The molecule has 1 aliphatic rings. The van der Waals surface area contributed by atoms with E-state index in [1.165, 1.54) is 11.0 Å². The number of thioether (sulfide) groups is 1. The van der Waals surface area contributed by atoms with Gasteiger partial charge in [-0.2, -0.15) is 11.8 Å². The van der Waals surface area contributed by atoms with Gasteiger partial charge in [0.1, 0.15) is 11.6 Å². The summed E-state index contributed by atoms with van der Waals surface area (Å²) in [5.41, 5.74) is -0.269. The number of nitrogens with zero attached hydrogens (tertiary/aromatic N) is 1. The standard InChI is InChI=1S/C14H15F2NO3S/c15-11-2-1-3-12(16)10(11)7-13(18)17-4-5-21-8-9(17)6-14(19)20/h1-3,9H,4-8H2,(H,19,20). The van der Waals surface area contributed by atoms with Gasteiger partial charge in [0.05, 0.1) is 18.9 Å². The Labute approximate surface area is 125 Å². The van der Waals surface area contributed by atoms with E-state index >= 15 is 0 Å². The first-order chi connectivity index (χ1) is 9.99. The Balaban J connectivity index is 2.12. The van der Waals surface area contributed by atoms with Crippen LogP contribution in [-0.4, -0.2) is 46.0 Å². The molecule has 0 spiro atoms. The highest BCUT2D eigenvalue weighted by Gasteiger charge is 2.29. The van der Waals surface area contributed by atoms with E-state index in [1.807, 2.05) is 0 Å². The number of carbonyl (C=O) groups is 2. The van der Waals surface area contributed by atoms with Crippen molar-refractivity contribution < 1.29 is 23.5 Å². The summed E-state index contributed by atoms with van der Waals surface area (Å²) in [4.78, 5) is 24.5. The number of carboxylic acid groups (broad SMARTS) is 1. The number of amides is 1. The van der Waals surface area contributed by atoms with Crippen LogP contribution in [0, 0.1) is 11.6 Å². The molecule has 1 aromatic rings. The molecule has 4 nitrogen and oxygen atoms in total. The first kappa shape index (κ1) is 15.8. The lowest BCUT2D eigenvalue weighted by molar-refractivity contribution is -0.140. The maximum absolute atomic E-state index is 13.6. The van der Waals surface area contributed by atoms with Crippen LogP contribution >= 0.6 is 11.8 Å². The molecule has 1 heterocycles. The molecule has 1 unspecified atom stereocenters. The Morgan fingerprint density at radius 2 is 2.00 bits per heavy atom. The highest BCUT2D eigenvalue weighted by atomic mass is 32.2. The van der Waals surface area contributed by atoms with E-state index in [9.17, 15) is 18.4 Å². The molecule has 1 fully saturated rings. The molecule has 114 valence electrons. The van der Waals surface area contributed by atoms with Gasteiger partial charge < -0.3 is 10.0 Å². The molecule has 1 atom stereocenters. The molecule has 1 saturated heterocycles. The van der Waals surface area contributed by atoms with E-state index in [1.54, 1.807) is 11.8 Å². The summed E-state index contributed by atoms with van der Waals surface area (Å²) in [7, 11) is 0. The molecule has 2 rings (SSSR count). The van der Waals surface area contributed by atoms with Crippen molar-refractivity contribution in [1.82, 2.24) is 4.90 Å². The van der Waals surface area contributed by atoms with Crippen molar-refractivity contribution in [2.45, 2.75) is 18.9 Å². The molecule has 21 heavy (non-hydrogen) atoms. The minimum atomic E-state index is -0.989. The van der Waals surface area contributed by atoms with Crippen molar-refractivity contribution in [1.29, 1.82) is 0 Å². The third-order valence-electron chi connectivity index (χ3n) is 3.35. The summed E-state index contributed by atoms with van der Waals surface area (Å²) in [5, 5.41) is 8.88. The molecule has 0 aliphatic carbocycles. The predicted octanol–water partition coefficient (Wildman–Crippen LogP) is 1.93. The van der Waals surface area contributed by atoms with Crippen molar-refractivity contribution in [3.63, 3.8) is 0 Å². The number of hydrogen-bond acceptors (Lipinski definition) is 3. The smallest absolute Gasteiger partial charge is 0.305 e. The number of halogens is 2. The molecular formula is C14H15F2NO3S. The van der Waals surface area contributed by atoms with Crippen LogP contribution in [-0.2, 0) is 16.0 Å². The number of aliphatic carboxylic acids is 1. The average molecular weight is 315 g/mol. The zero-order valence-corrected chi connectivity index (χ0v) is 12.0. The summed E-state index contributed by atoms with van der Waals surface area (Å²) < 4.78 is 27.2. The molecule has 1 aromatic carbocycles. The third-order valence-corrected chi connectivity index (χ3v) is 4.44. The number of benzene rings is 1. The summed E-state index contributed by atoms with van der Waals surface area (Å²) in [6.45, 7) is 0.400. The van der Waals surface area contributed by atoms with E-state index < -0.39 is 29.6 Å². The molecule has 0 aromatic heterocycles. The molecule has 0 radical (unpaired) electrons. The Morgan fingerprint density at radius 3 is 2.62 bits per heavy atom. The monoisotopic (exact) mass is 315 g/mol. The minimum absolute atomic E-state index is 0.154. The second-order valence-corrected chi connectivity index (χ2v) is 5.94. The van der Waals surface area contributed by atoms with Gasteiger partial charge >= 0.3 is 5.97 Å². The maximum atomic E-state index is 13.6. The largest absolute Gasteiger partial charge is 0.481 e. The van der Waals surface area contributed by atoms with Gasteiger partial charge in [0, 0.05) is 23.6 Å². The van der Waals surface area contributed by atoms with Gasteiger partial charge in [0.2, 0.25) is 5.91 Å².